The predicted octanol–water partition coefficient (Wildman–Crippen LogP) is 5.95. The maximum atomic E-state index is 2.58. The van der Waals surface area contributed by atoms with Gasteiger partial charge < -0.3 is 0 Å². The van der Waals surface area contributed by atoms with Gasteiger partial charge in [0.2, 0.25) is 0 Å². The van der Waals surface area contributed by atoms with Gasteiger partial charge in [-0.15, -0.1) is 12.4 Å². The Morgan fingerprint density at radius 2 is 1.15 bits per heavy atom. The van der Waals surface area contributed by atoms with E-state index in [1.807, 2.05) is 11.1 Å². The van der Waals surface area contributed by atoms with Gasteiger partial charge in [-0.3, -0.25) is 0 Å². The van der Waals surface area contributed by atoms with Crippen LogP contribution in [0.5, 0.6) is 0 Å². The van der Waals surface area contributed by atoms with Crippen LogP contribution in [-0.4, -0.2) is 0 Å². The molecule has 0 aromatic heterocycles. The van der Waals surface area contributed by atoms with Crippen molar-refractivity contribution in [1.29, 1.82) is 0 Å². The van der Waals surface area contributed by atoms with Gasteiger partial charge in [0.15, 0.2) is 0 Å². The van der Waals surface area contributed by atoms with Gasteiger partial charge in [-0.25, -0.2) is 0 Å². The number of rotatable bonds is 2. The monoisotopic (exact) mass is 364 g/mol. The van der Waals surface area contributed by atoms with Crippen molar-refractivity contribution >= 4 is 12.4 Å². The van der Waals surface area contributed by atoms with Crippen molar-refractivity contribution in [2.24, 2.45) is 0 Å². The molecule has 4 aliphatic rings. The Kier molecular flexibility index (Phi) is 4.88. The Morgan fingerprint density at radius 3 is 1.65 bits per heavy atom. The van der Waals surface area contributed by atoms with E-state index in [4.69, 9.17) is 0 Å². The fraction of sp³-hybridized carbons (Fsp3) is 0.556. The second kappa shape index (κ2) is 6.49. The average Bonchev–Trinajstić information content (AvgIpc) is 3.05. The SMILES string of the molecule is C1=C[CH]([Zr][CH]2C=CC3=C2CCCC3)C2=C1CCCC2.Cl. The van der Waals surface area contributed by atoms with E-state index in [0.717, 1.165) is 7.25 Å². The maximum absolute atomic E-state index is 2.58. The molecule has 0 bridgehead atoms. The van der Waals surface area contributed by atoms with Crippen molar-refractivity contribution in [3.05, 3.63) is 46.6 Å². The summed E-state index contributed by atoms with van der Waals surface area (Å²) >= 11 is -0.372. The van der Waals surface area contributed by atoms with E-state index < -0.39 is 0 Å². The minimum atomic E-state index is -0.372. The number of hydrogen-bond donors (Lipinski definition) is 0. The zero-order valence-corrected chi connectivity index (χ0v) is 15.3. The first-order chi connectivity index (χ1) is 9.42. The predicted molar refractivity (Wildman–Crippen MR) is 84.0 cm³/mol. The molecule has 0 saturated carbocycles. The fourth-order valence-electron chi connectivity index (χ4n) is 4.16. The summed E-state index contributed by atoms with van der Waals surface area (Å²) in [6.45, 7) is 0. The van der Waals surface area contributed by atoms with Crippen molar-refractivity contribution in [1.82, 2.24) is 0 Å². The van der Waals surface area contributed by atoms with Crippen LogP contribution in [0.25, 0.3) is 0 Å². The molecular weight excluding hydrogens is 343 g/mol. The van der Waals surface area contributed by atoms with E-state index in [2.05, 4.69) is 24.3 Å². The van der Waals surface area contributed by atoms with Gasteiger partial charge >= 0.3 is 128 Å². The van der Waals surface area contributed by atoms with Gasteiger partial charge in [-0.05, 0) is 0 Å². The van der Waals surface area contributed by atoms with E-state index in [1.165, 1.54) is 51.4 Å². The topological polar surface area (TPSA) is 0 Å². The van der Waals surface area contributed by atoms with Gasteiger partial charge in [0, 0.05) is 0 Å². The summed E-state index contributed by atoms with van der Waals surface area (Å²) in [5, 5.41) is 0. The quantitative estimate of drug-likeness (QED) is 0.567. The van der Waals surface area contributed by atoms with Crippen molar-refractivity contribution in [2.75, 3.05) is 0 Å². The molecule has 106 valence electrons. The summed E-state index contributed by atoms with van der Waals surface area (Å²) in [4.78, 5) is 0. The second-order valence-electron chi connectivity index (χ2n) is 6.36. The van der Waals surface area contributed by atoms with Crippen molar-refractivity contribution in [3.8, 4) is 0 Å². The molecular formula is C18H23ClZr. The minimum Gasteiger partial charge on any atom is -0.147 e. The first kappa shape index (κ1) is 15.0. The second-order valence-corrected chi connectivity index (χ2v) is 10.2. The molecule has 0 heterocycles. The Labute approximate surface area is 140 Å². The van der Waals surface area contributed by atoms with Gasteiger partial charge in [-0.2, -0.15) is 0 Å². The molecule has 2 atom stereocenters. The zero-order chi connectivity index (χ0) is 12.7. The van der Waals surface area contributed by atoms with Gasteiger partial charge in [0.05, 0.1) is 0 Å². The third kappa shape index (κ3) is 2.73. The molecule has 0 aromatic rings. The van der Waals surface area contributed by atoms with Crippen LogP contribution < -0.4 is 0 Å². The molecule has 0 amide bonds. The summed E-state index contributed by atoms with van der Waals surface area (Å²) in [7, 11) is 0. The molecule has 0 radical (unpaired) electrons. The Morgan fingerprint density at radius 1 is 0.700 bits per heavy atom. The fourth-order valence-corrected chi connectivity index (χ4v) is 8.74. The van der Waals surface area contributed by atoms with E-state index in [0.29, 0.717) is 0 Å². The normalized spacial score (nSPS) is 31.2. The third-order valence-corrected chi connectivity index (χ3v) is 9.62. The smallest absolute Gasteiger partial charge is 0.147 e. The van der Waals surface area contributed by atoms with E-state index in [-0.39, 0.29) is 35.6 Å². The molecule has 0 aromatic carbocycles. The first-order valence-electron chi connectivity index (χ1n) is 7.98. The molecule has 0 aliphatic heterocycles. The van der Waals surface area contributed by atoms with Crippen LogP contribution in [0.3, 0.4) is 0 Å². The van der Waals surface area contributed by atoms with Crippen molar-refractivity contribution in [2.45, 2.75) is 58.6 Å². The molecule has 0 spiro atoms. The third-order valence-electron chi connectivity index (χ3n) is 5.20. The molecule has 2 unspecified atom stereocenters. The van der Waals surface area contributed by atoms with Gasteiger partial charge in [0.25, 0.3) is 0 Å². The molecule has 4 aliphatic carbocycles. The summed E-state index contributed by atoms with van der Waals surface area (Å²) in [6.07, 6.45) is 21.5. The summed E-state index contributed by atoms with van der Waals surface area (Å²) in [5.74, 6) is 0. The number of halogens is 1. The Balaban J connectivity index is 0.00000121. The Bertz CT molecular complexity index is 464. The molecule has 2 heteroatoms. The van der Waals surface area contributed by atoms with Crippen LogP contribution in [0.2, 0.25) is 7.25 Å². The number of allylic oxidation sites excluding steroid dienone is 8. The van der Waals surface area contributed by atoms with E-state index in [9.17, 15) is 0 Å². The minimum absolute atomic E-state index is 0. The van der Waals surface area contributed by atoms with Crippen molar-refractivity contribution < 1.29 is 23.2 Å². The molecule has 20 heavy (non-hydrogen) atoms. The number of hydrogen-bond acceptors (Lipinski definition) is 0. The van der Waals surface area contributed by atoms with Crippen LogP contribution in [0.15, 0.2) is 46.6 Å². The van der Waals surface area contributed by atoms with Crippen LogP contribution in [0, 0.1) is 0 Å². The average molecular weight is 366 g/mol. The zero-order valence-electron chi connectivity index (χ0n) is 12.0. The standard InChI is InChI=1S/2C9H11.ClH.Zr/c2*1-2-5-9-7-3-6-8(9)4-1;;/h2*3,6-7H,1-2,4-5H2;1H;. The van der Waals surface area contributed by atoms with Crippen molar-refractivity contribution in [3.63, 3.8) is 0 Å². The van der Waals surface area contributed by atoms with Gasteiger partial charge in [-0.1, -0.05) is 0 Å². The summed E-state index contributed by atoms with van der Waals surface area (Å²) in [5.41, 5.74) is 7.21. The largest absolute Gasteiger partial charge is 0.147 e. The summed E-state index contributed by atoms with van der Waals surface area (Å²) in [6, 6.07) is 0. The van der Waals surface area contributed by atoms with Crippen LogP contribution in [-0.2, 0) is 23.2 Å². The van der Waals surface area contributed by atoms with Gasteiger partial charge in [0.1, 0.15) is 0 Å². The van der Waals surface area contributed by atoms with Crippen LogP contribution in [0.4, 0.5) is 0 Å². The van der Waals surface area contributed by atoms with Crippen LogP contribution in [0.1, 0.15) is 51.4 Å². The molecule has 0 nitrogen and oxygen atoms in total. The maximum Gasteiger partial charge on any atom is -0.147 e. The Hall–Kier alpha value is 0.133. The molecule has 0 N–H and O–H groups in total. The molecule has 4 rings (SSSR count). The first-order valence-corrected chi connectivity index (χ1v) is 10.8. The van der Waals surface area contributed by atoms with Crippen LogP contribution >= 0.6 is 12.4 Å². The van der Waals surface area contributed by atoms with E-state index >= 15 is 0 Å². The van der Waals surface area contributed by atoms with E-state index in [1.54, 1.807) is 11.1 Å². The molecule has 0 fully saturated rings. The molecule has 0 saturated heterocycles. The summed E-state index contributed by atoms with van der Waals surface area (Å²) < 4.78 is 1.87.